The summed E-state index contributed by atoms with van der Waals surface area (Å²) in [7, 11) is 0. The molecule has 5 rings (SSSR count). The SMILES string of the molecule is C[C@@H]1CN(Cc2cc(Nc3nc4cccnc4s3)nc(N[C@H]3CC[C@H](O)CC3)n2)C[C@H](C)O1. The summed E-state index contributed by atoms with van der Waals surface area (Å²) < 4.78 is 5.89. The largest absolute Gasteiger partial charge is 0.393 e. The fourth-order valence-corrected chi connectivity index (χ4v) is 5.50. The van der Waals surface area contributed by atoms with Crippen LogP contribution in [0.25, 0.3) is 10.3 Å². The zero-order chi connectivity index (χ0) is 22.8. The minimum atomic E-state index is -0.189. The van der Waals surface area contributed by atoms with Gasteiger partial charge in [-0.25, -0.2) is 15.0 Å². The molecule has 0 unspecified atom stereocenters. The van der Waals surface area contributed by atoms with E-state index < -0.39 is 0 Å². The van der Waals surface area contributed by atoms with E-state index in [2.05, 4.69) is 39.3 Å². The lowest BCUT2D eigenvalue weighted by Crippen LogP contribution is -2.45. The lowest BCUT2D eigenvalue weighted by molar-refractivity contribution is -0.0707. The molecule has 1 saturated carbocycles. The van der Waals surface area contributed by atoms with Gasteiger partial charge in [0.2, 0.25) is 5.95 Å². The molecule has 10 heteroatoms. The van der Waals surface area contributed by atoms with Gasteiger partial charge in [-0.15, -0.1) is 0 Å². The average Bonchev–Trinajstić information content (AvgIpc) is 3.17. The minimum Gasteiger partial charge on any atom is -0.393 e. The van der Waals surface area contributed by atoms with Gasteiger partial charge in [-0.05, 0) is 51.7 Å². The number of fused-ring (bicyclic) bond motifs is 1. The third kappa shape index (κ3) is 5.75. The number of thiazole rings is 1. The highest BCUT2D eigenvalue weighted by molar-refractivity contribution is 7.21. The highest BCUT2D eigenvalue weighted by Crippen LogP contribution is 2.27. The zero-order valence-electron chi connectivity index (χ0n) is 19.1. The van der Waals surface area contributed by atoms with Crippen molar-refractivity contribution < 1.29 is 9.84 Å². The smallest absolute Gasteiger partial charge is 0.225 e. The molecular weight excluding hydrogens is 438 g/mol. The summed E-state index contributed by atoms with van der Waals surface area (Å²) in [6.45, 7) is 6.71. The molecule has 3 N–H and O–H groups in total. The van der Waals surface area contributed by atoms with Gasteiger partial charge in [0, 0.05) is 37.9 Å². The summed E-state index contributed by atoms with van der Waals surface area (Å²) >= 11 is 1.51. The van der Waals surface area contributed by atoms with Crippen molar-refractivity contribution in [3.05, 3.63) is 30.1 Å². The van der Waals surface area contributed by atoms with Gasteiger partial charge in [-0.1, -0.05) is 11.3 Å². The Balaban J connectivity index is 1.38. The van der Waals surface area contributed by atoms with Crippen LogP contribution in [0.2, 0.25) is 0 Å². The molecule has 0 bridgehead atoms. The van der Waals surface area contributed by atoms with E-state index in [1.54, 1.807) is 6.20 Å². The number of pyridine rings is 1. The molecule has 2 aliphatic rings. The second kappa shape index (κ2) is 9.84. The lowest BCUT2D eigenvalue weighted by atomic mass is 9.93. The number of hydrogen-bond acceptors (Lipinski definition) is 10. The van der Waals surface area contributed by atoms with Crippen LogP contribution in [0.15, 0.2) is 24.4 Å². The number of nitrogens with zero attached hydrogens (tertiary/aromatic N) is 5. The Morgan fingerprint density at radius 1 is 1.12 bits per heavy atom. The average molecular weight is 470 g/mol. The van der Waals surface area contributed by atoms with E-state index in [4.69, 9.17) is 14.7 Å². The first-order valence-corrected chi connectivity index (χ1v) is 12.5. The van der Waals surface area contributed by atoms with Gasteiger partial charge in [0.1, 0.15) is 16.2 Å². The Labute approximate surface area is 197 Å². The van der Waals surface area contributed by atoms with Crippen LogP contribution in [0.4, 0.5) is 16.9 Å². The second-order valence-electron chi connectivity index (χ2n) is 9.14. The normalized spacial score (nSPS) is 26.4. The Hall–Kier alpha value is -2.40. The number of morpholine rings is 1. The monoisotopic (exact) mass is 469 g/mol. The van der Waals surface area contributed by atoms with E-state index in [1.165, 1.54) is 11.3 Å². The minimum absolute atomic E-state index is 0.189. The summed E-state index contributed by atoms with van der Waals surface area (Å²) in [5.74, 6) is 1.33. The predicted octanol–water partition coefficient (Wildman–Crippen LogP) is 3.55. The quantitative estimate of drug-likeness (QED) is 0.499. The molecule has 0 amide bonds. The third-order valence-corrected chi connectivity index (χ3v) is 6.99. The van der Waals surface area contributed by atoms with Crippen molar-refractivity contribution in [2.24, 2.45) is 0 Å². The fourth-order valence-electron chi connectivity index (χ4n) is 4.69. The Morgan fingerprint density at radius 3 is 2.67 bits per heavy atom. The molecule has 0 spiro atoms. The number of hydrogen-bond donors (Lipinski definition) is 3. The molecule has 2 atom stereocenters. The summed E-state index contributed by atoms with van der Waals surface area (Å²) in [4.78, 5) is 21.9. The van der Waals surface area contributed by atoms with E-state index in [1.807, 2.05) is 18.2 Å². The molecule has 176 valence electrons. The number of aliphatic hydroxyl groups excluding tert-OH is 1. The summed E-state index contributed by atoms with van der Waals surface area (Å²) in [6.07, 6.45) is 5.45. The van der Waals surface area contributed by atoms with Crippen molar-refractivity contribution in [3.63, 3.8) is 0 Å². The number of rotatable bonds is 6. The van der Waals surface area contributed by atoms with E-state index in [0.29, 0.717) is 11.8 Å². The summed E-state index contributed by atoms with van der Waals surface area (Å²) in [5, 5.41) is 17.5. The van der Waals surface area contributed by atoms with Gasteiger partial charge >= 0.3 is 0 Å². The lowest BCUT2D eigenvalue weighted by Gasteiger charge is -2.35. The number of ether oxygens (including phenoxy) is 1. The maximum atomic E-state index is 9.83. The highest BCUT2D eigenvalue weighted by atomic mass is 32.1. The molecule has 3 aromatic rings. The predicted molar refractivity (Wildman–Crippen MR) is 130 cm³/mol. The van der Waals surface area contributed by atoms with Crippen molar-refractivity contribution in [2.45, 2.75) is 70.4 Å². The molecule has 3 aromatic heterocycles. The zero-order valence-corrected chi connectivity index (χ0v) is 19.9. The molecule has 4 heterocycles. The highest BCUT2D eigenvalue weighted by Gasteiger charge is 2.24. The van der Waals surface area contributed by atoms with Gasteiger partial charge in [-0.2, -0.15) is 4.98 Å². The van der Waals surface area contributed by atoms with Gasteiger partial charge in [0.05, 0.1) is 24.0 Å². The van der Waals surface area contributed by atoms with Gasteiger partial charge in [0.15, 0.2) is 5.13 Å². The van der Waals surface area contributed by atoms with Gasteiger partial charge < -0.3 is 20.5 Å². The van der Waals surface area contributed by atoms with E-state index >= 15 is 0 Å². The van der Waals surface area contributed by atoms with Crippen LogP contribution in [0.1, 0.15) is 45.2 Å². The Morgan fingerprint density at radius 2 is 1.91 bits per heavy atom. The maximum Gasteiger partial charge on any atom is 0.225 e. The first-order valence-electron chi connectivity index (χ1n) is 11.7. The number of nitrogens with one attached hydrogen (secondary N) is 2. The number of aromatic nitrogens is 4. The molecule has 1 saturated heterocycles. The third-order valence-electron chi connectivity index (χ3n) is 6.09. The van der Waals surface area contributed by atoms with Gasteiger partial charge in [0.25, 0.3) is 0 Å². The number of anilines is 3. The Kier molecular flexibility index (Phi) is 6.68. The van der Waals surface area contributed by atoms with E-state index in [9.17, 15) is 5.11 Å². The molecule has 1 aliphatic carbocycles. The topological polar surface area (TPSA) is 108 Å². The molecular formula is C23H31N7O2S. The van der Waals surface area contributed by atoms with Crippen LogP contribution in [-0.2, 0) is 11.3 Å². The van der Waals surface area contributed by atoms with Crippen LogP contribution in [-0.4, -0.2) is 67.4 Å². The van der Waals surface area contributed by atoms with Gasteiger partial charge in [-0.3, -0.25) is 4.90 Å². The van der Waals surface area contributed by atoms with Crippen molar-refractivity contribution in [2.75, 3.05) is 23.7 Å². The van der Waals surface area contributed by atoms with Crippen LogP contribution in [0, 0.1) is 0 Å². The Bertz CT molecular complexity index is 1040. The fraction of sp³-hybridized carbons (Fsp3) is 0.565. The molecule has 33 heavy (non-hydrogen) atoms. The molecule has 2 fully saturated rings. The van der Waals surface area contributed by atoms with Crippen LogP contribution >= 0.6 is 11.3 Å². The molecule has 1 aliphatic heterocycles. The second-order valence-corrected chi connectivity index (χ2v) is 10.1. The number of aliphatic hydroxyl groups is 1. The molecule has 9 nitrogen and oxygen atoms in total. The first-order chi connectivity index (χ1) is 16.0. The van der Waals surface area contributed by atoms with Crippen LogP contribution in [0.5, 0.6) is 0 Å². The van der Waals surface area contributed by atoms with E-state index in [0.717, 1.165) is 66.5 Å². The first kappa shape index (κ1) is 22.4. The summed E-state index contributed by atoms with van der Waals surface area (Å²) in [6, 6.07) is 6.12. The van der Waals surface area contributed by atoms with Crippen molar-refractivity contribution >= 4 is 38.6 Å². The summed E-state index contributed by atoms with van der Waals surface area (Å²) in [5.41, 5.74) is 1.82. The van der Waals surface area contributed by atoms with Crippen LogP contribution in [0.3, 0.4) is 0 Å². The molecule has 0 radical (unpaired) electrons. The standard InChI is InChI=1S/C23H31N7O2S/c1-14-11-30(12-15(2)32-14)13-17-10-20(29-23-27-19-4-3-9-24-21(19)33-23)28-22(26-17)25-16-5-7-18(31)8-6-16/h3-4,9-10,14-16,18,31H,5-8,11-13H2,1-2H3,(H2,25,26,27,28,29)/t14-,15+,16-,18-. The van der Waals surface area contributed by atoms with Crippen molar-refractivity contribution in [3.8, 4) is 0 Å². The molecule has 0 aromatic carbocycles. The van der Waals surface area contributed by atoms with Crippen LogP contribution < -0.4 is 10.6 Å². The maximum absolute atomic E-state index is 9.83. The van der Waals surface area contributed by atoms with Crippen molar-refractivity contribution in [1.29, 1.82) is 0 Å². The van der Waals surface area contributed by atoms with E-state index in [-0.39, 0.29) is 24.4 Å². The van der Waals surface area contributed by atoms with Crippen molar-refractivity contribution in [1.82, 2.24) is 24.8 Å².